The fourth-order valence-electron chi connectivity index (χ4n) is 3.32. The van der Waals surface area contributed by atoms with Gasteiger partial charge in [0.1, 0.15) is 16.4 Å². The summed E-state index contributed by atoms with van der Waals surface area (Å²) >= 11 is 0. The molecule has 0 saturated carbocycles. The van der Waals surface area contributed by atoms with Gasteiger partial charge in [-0.05, 0) is 36.6 Å². The van der Waals surface area contributed by atoms with Crippen LogP contribution in [0.1, 0.15) is 18.1 Å². The van der Waals surface area contributed by atoms with E-state index in [1.54, 1.807) is 12.1 Å². The Morgan fingerprint density at radius 3 is 2.56 bits per heavy atom. The van der Waals surface area contributed by atoms with Gasteiger partial charge in [0.25, 0.3) is 0 Å². The molecule has 0 aliphatic carbocycles. The average molecular weight is 391 g/mol. The second kappa shape index (κ2) is 8.29. The number of nitrogens with one attached hydrogen (secondary N) is 1. The van der Waals surface area contributed by atoms with Crippen molar-refractivity contribution in [3.05, 3.63) is 53.6 Å². The third-order valence-electron chi connectivity index (χ3n) is 5.01. The minimum absolute atomic E-state index is 0.0738. The summed E-state index contributed by atoms with van der Waals surface area (Å²) in [4.78, 5) is 2.38. The molecule has 7 heteroatoms. The molecule has 1 unspecified atom stereocenters. The van der Waals surface area contributed by atoms with Gasteiger partial charge in [0.15, 0.2) is 0 Å². The van der Waals surface area contributed by atoms with E-state index in [0.717, 1.165) is 19.5 Å². The van der Waals surface area contributed by atoms with Crippen LogP contribution in [0.5, 0.6) is 11.5 Å². The molecule has 1 N–H and O–H groups in total. The lowest BCUT2D eigenvalue weighted by atomic mass is 9.99. The monoisotopic (exact) mass is 390 g/mol. The van der Waals surface area contributed by atoms with Gasteiger partial charge in [-0.3, -0.25) is 4.90 Å². The molecule has 6 nitrogen and oxygen atoms in total. The Bertz CT molecular complexity index is 899. The standard InChI is InChI=1S/C20H26N2O4S/c1-15(22-11-10-16-6-4-5-7-17(16)14-22)13-21-27(23,24)20-12-18(25-2)8-9-19(20)26-3/h4-9,12,15,21H,10-11,13-14H2,1-3H3. The molecule has 1 aliphatic rings. The summed E-state index contributed by atoms with van der Waals surface area (Å²) in [5.74, 6) is 0.764. The van der Waals surface area contributed by atoms with Crippen molar-refractivity contribution >= 4 is 10.0 Å². The van der Waals surface area contributed by atoms with Crippen LogP contribution in [0.15, 0.2) is 47.4 Å². The van der Waals surface area contributed by atoms with Crippen LogP contribution in [0.25, 0.3) is 0 Å². The first kappa shape index (κ1) is 19.7. The lowest BCUT2D eigenvalue weighted by Gasteiger charge is -2.33. The normalized spacial score (nSPS) is 15.8. The van der Waals surface area contributed by atoms with Gasteiger partial charge >= 0.3 is 0 Å². The summed E-state index contributed by atoms with van der Waals surface area (Å²) < 4.78 is 38.7. The summed E-state index contributed by atoms with van der Waals surface area (Å²) in [5, 5.41) is 0. The van der Waals surface area contributed by atoms with Crippen LogP contribution < -0.4 is 14.2 Å². The fraction of sp³-hybridized carbons (Fsp3) is 0.400. The number of hydrogen-bond donors (Lipinski definition) is 1. The van der Waals surface area contributed by atoms with E-state index < -0.39 is 10.0 Å². The van der Waals surface area contributed by atoms with Crippen LogP contribution in [-0.4, -0.2) is 46.7 Å². The van der Waals surface area contributed by atoms with E-state index >= 15 is 0 Å². The zero-order chi connectivity index (χ0) is 19.4. The van der Waals surface area contributed by atoms with Gasteiger partial charge in [-0.25, -0.2) is 13.1 Å². The summed E-state index contributed by atoms with van der Waals surface area (Å²) in [7, 11) is -0.757. The number of nitrogens with zero attached hydrogens (tertiary/aromatic N) is 1. The van der Waals surface area contributed by atoms with E-state index in [1.807, 2.05) is 13.0 Å². The van der Waals surface area contributed by atoms with Crippen LogP contribution >= 0.6 is 0 Å². The minimum Gasteiger partial charge on any atom is -0.497 e. The van der Waals surface area contributed by atoms with Gasteiger partial charge in [0.2, 0.25) is 10.0 Å². The first-order valence-corrected chi connectivity index (χ1v) is 10.5. The van der Waals surface area contributed by atoms with Crippen molar-refractivity contribution in [3.63, 3.8) is 0 Å². The maximum absolute atomic E-state index is 12.8. The third-order valence-corrected chi connectivity index (χ3v) is 6.46. The molecule has 3 rings (SSSR count). The molecule has 0 amide bonds. The van der Waals surface area contributed by atoms with Crippen LogP contribution in [0, 0.1) is 0 Å². The van der Waals surface area contributed by atoms with Crippen LogP contribution in [0.3, 0.4) is 0 Å². The van der Waals surface area contributed by atoms with Gasteiger partial charge < -0.3 is 9.47 Å². The quantitative estimate of drug-likeness (QED) is 0.786. The van der Waals surface area contributed by atoms with Crippen molar-refractivity contribution in [1.82, 2.24) is 9.62 Å². The highest BCUT2D eigenvalue weighted by Gasteiger charge is 2.24. The molecule has 1 aliphatic heterocycles. The molecule has 146 valence electrons. The summed E-state index contributed by atoms with van der Waals surface area (Å²) in [6.07, 6.45) is 0.983. The molecule has 0 saturated heterocycles. The van der Waals surface area contributed by atoms with E-state index in [-0.39, 0.29) is 10.9 Å². The van der Waals surface area contributed by atoms with Crippen molar-refractivity contribution in [2.24, 2.45) is 0 Å². The summed E-state index contributed by atoms with van der Waals surface area (Å²) in [5.41, 5.74) is 2.69. The SMILES string of the molecule is COc1ccc(OC)c(S(=O)(=O)NCC(C)N2CCc3ccccc3C2)c1. The Morgan fingerprint density at radius 1 is 1.11 bits per heavy atom. The van der Waals surface area contributed by atoms with E-state index in [1.165, 1.54) is 31.4 Å². The largest absolute Gasteiger partial charge is 0.497 e. The predicted octanol–water partition coefficient (Wildman–Crippen LogP) is 2.43. The highest BCUT2D eigenvalue weighted by molar-refractivity contribution is 7.89. The van der Waals surface area contributed by atoms with E-state index in [0.29, 0.717) is 18.0 Å². The molecular weight excluding hydrogens is 364 g/mol. The molecule has 27 heavy (non-hydrogen) atoms. The van der Waals surface area contributed by atoms with Gasteiger partial charge in [0.05, 0.1) is 14.2 Å². The van der Waals surface area contributed by atoms with E-state index in [9.17, 15) is 8.42 Å². The van der Waals surface area contributed by atoms with E-state index in [4.69, 9.17) is 9.47 Å². The Labute approximate surface area is 161 Å². The van der Waals surface area contributed by atoms with Gasteiger partial charge in [-0.1, -0.05) is 24.3 Å². The molecule has 1 atom stereocenters. The molecule has 0 fully saturated rings. The van der Waals surface area contributed by atoms with Crippen molar-refractivity contribution in [1.29, 1.82) is 0 Å². The summed E-state index contributed by atoms with van der Waals surface area (Å²) in [6.45, 7) is 4.12. The lowest BCUT2D eigenvalue weighted by Crippen LogP contribution is -2.44. The highest BCUT2D eigenvalue weighted by Crippen LogP contribution is 2.28. The smallest absolute Gasteiger partial charge is 0.244 e. The minimum atomic E-state index is -3.71. The Morgan fingerprint density at radius 2 is 1.85 bits per heavy atom. The topological polar surface area (TPSA) is 67.9 Å². The number of methoxy groups -OCH3 is 2. The molecule has 0 aromatic heterocycles. The molecule has 2 aromatic rings. The van der Waals surface area contributed by atoms with Crippen molar-refractivity contribution in [2.45, 2.75) is 30.8 Å². The van der Waals surface area contributed by atoms with Gasteiger partial charge in [-0.2, -0.15) is 0 Å². The predicted molar refractivity (Wildman–Crippen MR) is 105 cm³/mol. The summed E-state index contributed by atoms with van der Waals surface area (Å²) in [6, 6.07) is 13.2. The lowest BCUT2D eigenvalue weighted by molar-refractivity contribution is 0.192. The van der Waals surface area contributed by atoms with E-state index in [2.05, 4.69) is 27.8 Å². The van der Waals surface area contributed by atoms with Gasteiger partial charge in [0, 0.05) is 31.7 Å². The fourth-order valence-corrected chi connectivity index (χ4v) is 4.63. The molecule has 0 spiro atoms. The van der Waals surface area contributed by atoms with Crippen molar-refractivity contribution in [2.75, 3.05) is 27.3 Å². The first-order valence-electron chi connectivity index (χ1n) is 8.97. The second-order valence-electron chi connectivity index (χ2n) is 6.71. The number of fused-ring (bicyclic) bond motifs is 1. The zero-order valence-corrected chi connectivity index (χ0v) is 16.8. The number of hydrogen-bond acceptors (Lipinski definition) is 5. The van der Waals surface area contributed by atoms with Gasteiger partial charge in [-0.15, -0.1) is 0 Å². The Balaban J connectivity index is 1.69. The van der Waals surface area contributed by atoms with Crippen molar-refractivity contribution < 1.29 is 17.9 Å². The number of rotatable bonds is 7. The molecule has 0 radical (unpaired) electrons. The number of sulfonamides is 1. The third kappa shape index (κ3) is 4.43. The first-order chi connectivity index (χ1) is 12.9. The van der Waals surface area contributed by atoms with Crippen molar-refractivity contribution in [3.8, 4) is 11.5 Å². The van der Waals surface area contributed by atoms with Crippen LogP contribution in [-0.2, 0) is 23.0 Å². The maximum Gasteiger partial charge on any atom is 0.244 e. The molecule has 0 bridgehead atoms. The van der Waals surface area contributed by atoms with Crippen LogP contribution in [0.4, 0.5) is 0 Å². The Hall–Kier alpha value is -2.09. The average Bonchev–Trinajstić information content (AvgIpc) is 2.71. The number of ether oxygens (including phenoxy) is 2. The van der Waals surface area contributed by atoms with Crippen LogP contribution in [0.2, 0.25) is 0 Å². The maximum atomic E-state index is 12.8. The number of benzene rings is 2. The molecule has 2 aromatic carbocycles. The Kier molecular flexibility index (Phi) is 6.04. The highest BCUT2D eigenvalue weighted by atomic mass is 32.2. The second-order valence-corrected chi connectivity index (χ2v) is 8.44. The zero-order valence-electron chi connectivity index (χ0n) is 15.9. The molecular formula is C20H26N2O4S. The molecule has 1 heterocycles.